The smallest absolute Gasteiger partial charge is 0.317 e. The third-order valence-corrected chi connectivity index (χ3v) is 5.92. The Hall–Kier alpha value is -1.17. The Morgan fingerprint density at radius 2 is 1.86 bits per heavy atom. The average Bonchev–Trinajstić information content (AvgIpc) is 2.76. The summed E-state index contributed by atoms with van der Waals surface area (Å²) in [7, 11) is 3.33. The fourth-order valence-corrected chi connectivity index (χ4v) is 3.76. The largest absolute Gasteiger partial charge is 0.368 e. The Kier molecular flexibility index (Phi) is 4.73. The van der Waals surface area contributed by atoms with Crippen molar-refractivity contribution in [2.45, 2.75) is 38.1 Å². The predicted molar refractivity (Wildman–Crippen MR) is 118 cm³/mol. The molecule has 156 valence electrons. The number of hydrogen-bond acceptors (Lipinski definition) is 3. The Balaban J connectivity index is 1.81. The van der Waals surface area contributed by atoms with E-state index < -0.39 is 26.0 Å². The van der Waals surface area contributed by atoms with E-state index in [1.165, 1.54) is 23.1 Å². The highest BCUT2D eigenvalue weighted by atomic mass is 35.5. The summed E-state index contributed by atoms with van der Waals surface area (Å²) >= 11 is 12.3. The molecule has 1 aliphatic carbocycles. The number of hydrogen-bond donors (Lipinski definition) is 1. The number of halogens is 2. The van der Waals surface area contributed by atoms with Crippen LogP contribution in [0.1, 0.15) is 43.1 Å². The maximum absolute atomic E-state index is 11.9. The van der Waals surface area contributed by atoms with Crippen LogP contribution in [0.2, 0.25) is 10.0 Å². The molecule has 1 aromatic carbocycles. The van der Waals surface area contributed by atoms with Crippen LogP contribution in [0, 0.1) is 5.92 Å². The first-order valence-electron chi connectivity index (χ1n) is 13.5. The summed E-state index contributed by atoms with van der Waals surface area (Å²) in [5.74, 6) is 0.112. The van der Waals surface area contributed by atoms with Crippen molar-refractivity contribution < 1.29 is 15.8 Å². The van der Waals surface area contributed by atoms with Gasteiger partial charge < -0.3 is 15.1 Å². The molecule has 0 spiro atoms. The summed E-state index contributed by atoms with van der Waals surface area (Å²) in [4.78, 5) is 14.5. The minimum Gasteiger partial charge on any atom is -0.368 e. The zero-order chi connectivity index (χ0) is 27.3. The minimum atomic E-state index is -3.00. The molecular formula is C21H32Cl2N4O. The topological polar surface area (TPSA) is 38.8 Å². The number of nitrogens with zero attached hydrogens (tertiary/aromatic N) is 3. The molecule has 0 aromatic heterocycles. The Morgan fingerprint density at radius 3 is 2.50 bits per heavy atom. The summed E-state index contributed by atoms with van der Waals surface area (Å²) in [5, 5.41) is 2.78. The van der Waals surface area contributed by atoms with Crippen molar-refractivity contribution in [2.75, 3.05) is 51.5 Å². The molecule has 1 aromatic rings. The number of urea groups is 1. The van der Waals surface area contributed by atoms with Crippen molar-refractivity contribution in [1.82, 2.24) is 15.1 Å². The number of amides is 2. The molecule has 1 heterocycles. The summed E-state index contributed by atoms with van der Waals surface area (Å²) in [6.45, 7) is -12.0. The van der Waals surface area contributed by atoms with Gasteiger partial charge in [0.25, 0.3) is 0 Å². The van der Waals surface area contributed by atoms with E-state index in [-0.39, 0.29) is 40.3 Å². The molecule has 1 saturated heterocycles. The van der Waals surface area contributed by atoms with E-state index >= 15 is 0 Å². The van der Waals surface area contributed by atoms with Crippen LogP contribution < -0.4 is 10.2 Å². The highest BCUT2D eigenvalue weighted by Crippen LogP contribution is 2.33. The van der Waals surface area contributed by atoms with E-state index in [1.807, 2.05) is 0 Å². The maximum atomic E-state index is 11.9. The van der Waals surface area contributed by atoms with Crippen LogP contribution in [0.15, 0.2) is 18.2 Å². The van der Waals surface area contributed by atoms with Gasteiger partial charge in [-0.2, -0.15) is 0 Å². The van der Waals surface area contributed by atoms with Crippen LogP contribution in [0.3, 0.4) is 0 Å². The van der Waals surface area contributed by atoms with Crippen molar-refractivity contribution in [3.05, 3.63) is 28.2 Å². The molecule has 1 N–H and O–H groups in total. The summed E-state index contributed by atoms with van der Waals surface area (Å²) < 4.78 is 69.0. The van der Waals surface area contributed by atoms with Gasteiger partial charge in [-0.25, -0.2) is 4.79 Å². The first kappa shape index (κ1) is 13.2. The lowest BCUT2D eigenvalue weighted by molar-refractivity contribution is 0.194. The van der Waals surface area contributed by atoms with Crippen molar-refractivity contribution in [3.63, 3.8) is 0 Å². The highest BCUT2D eigenvalue weighted by molar-refractivity contribution is 6.43. The van der Waals surface area contributed by atoms with Crippen LogP contribution in [-0.2, 0) is 0 Å². The van der Waals surface area contributed by atoms with Crippen molar-refractivity contribution in [1.29, 1.82) is 0 Å². The fraction of sp³-hybridized carbons (Fsp3) is 0.667. The first-order chi connectivity index (χ1) is 16.5. The molecule has 0 unspecified atom stereocenters. The maximum Gasteiger partial charge on any atom is 0.317 e. The third kappa shape index (κ3) is 5.68. The van der Waals surface area contributed by atoms with Gasteiger partial charge in [-0.1, -0.05) is 29.3 Å². The second-order valence-corrected chi connectivity index (χ2v) is 8.14. The van der Waals surface area contributed by atoms with Gasteiger partial charge in [0.05, 0.1) is 21.2 Å². The molecular weight excluding hydrogens is 395 g/mol. The zero-order valence-corrected chi connectivity index (χ0v) is 17.6. The van der Waals surface area contributed by atoms with Crippen LogP contribution in [0.4, 0.5) is 10.5 Å². The zero-order valence-electron chi connectivity index (χ0n) is 24.1. The summed E-state index contributed by atoms with van der Waals surface area (Å²) in [5.41, 5.74) is -0.232. The van der Waals surface area contributed by atoms with Crippen molar-refractivity contribution in [2.24, 2.45) is 5.92 Å². The van der Waals surface area contributed by atoms with Gasteiger partial charge in [0.15, 0.2) is 0 Å². The number of nitrogens with one attached hydrogen (secondary N) is 1. The molecule has 1 saturated carbocycles. The fourth-order valence-electron chi connectivity index (χ4n) is 3.38. The lowest BCUT2D eigenvalue weighted by Crippen LogP contribution is -2.47. The minimum absolute atomic E-state index is 0.0155. The number of carbonyl (C=O) groups excluding carboxylic acids is 1. The van der Waals surface area contributed by atoms with E-state index in [0.29, 0.717) is 16.2 Å². The Bertz CT molecular complexity index is 945. The number of carbonyl (C=O) groups is 1. The lowest BCUT2D eigenvalue weighted by atomic mass is 9.84. The van der Waals surface area contributed by atoms with Gasteiger partial charge in [-0.3, -0.25) is 4.90 Å². The van der Waals surface area contributed by atoms with E-state index in [2.05, 4.69) is 5.32 Å². The average molecular weight is 435 g/mol. The van der Waals surface area contributed by atoms with Crippen LogP contribution >= 0.6 is 23.2 Å². The van der Waals surface area contributed by atoms with Gasteiger partial charge in [-0.15, -0.1) is 0 Å². The summed E-state index contributed by atoms with van der Waals surface area (Å²) in [6, 6.07) is 4.01. The third-order valence-electron chi connectivity index (χ3n) is 5.11. The van der Waals surface area contributed by atoms with E-state index in [0.717, 1.165) is 25.7 Å². The van der Waals surface area contributed by atoms with E-state index in [9.17, 15) is 4.79 Å². The Labute approximate surface area is 190 Å². The number of piperazine rings is 1. The number of anilines is 1. The molecule has 2 fully saturated rings. The standard InChI is InChI=1S/C21H32Cl2N4O/c1-25(2)21(28)24-17-8-6-16(7-9-17)10-11-26-12-14-27(15-13-26)19-5-3-4-18(22)20(19)23/h3-5,16-17H,6-15H2,1-2H3,(H,24,28)/i12D2,13D2,14D2,15D2. The second kappa shape index (κ2) is 10.0. The van der Waals surface area contributed by atoms with Gasteiger partial charge in [-0.05, 0) is 56.7 Å². The van der Waals surface area contributed by atoms with Crippen LogP contribution in [0.5, 0.6) is 0 Å². The molecule has 0 radical (unpaired) electrons. The second-order valence-electron chi connectivity index (χ2n) is 7.36. The monoisotopic (exact) mass is 434 g/mol. The van der Waals surface area contributed by atoms with Crippen LogP contribution in [0.25, 0.3) is 0 Å². The van der Waals surface area contributed by atoms with Gasteiger partial charge in [0.1, 0.15) is 0 Å². The highest BCUT2D eigenvalue weighted by Gasteiger charge is 2.24. The molecule has 2 amide bonds. The molecule has 0 atom stereocenters. The van der Waals surface area contributed by atoms with Crippen LogP contribution in [-0.4, -0.2) is 68.5 Å². The molecule has 2 aliphatic rings. The van der Waals surface area contributed by atoms with Crippen molar-refractivity contribution >= 4 is 34.9 Å². The van der Waals surface area contributed by atoms with Crippen molar-refractivity contribution in [3.8, 4) is 0 Å². The Morgan fingerprint density at radius 1 is 1.18 bits per heavy atom. The SMILES string of the molecule is [2H]C1([2H])N(CCC2CCC(NC(=O)N(C)C)CC2)C([2H])([2H])C([2H])([2H])N(c2cccc(Cl)c2Cl)C1([2H])[2H]. The van der Waals surface area contributed by atoms with Gasteiger partial charge >= 0.3 is 6.03 Å². The molecule has 1 aliphatic heterocycles. The number of benzene rings is 1. The van der Waals surface area contributed by atoms with E-state index in [1.54, 1.807) is 14.1 Å². The van der Waals surface area contributed by atoms with Gasteiger partial charge in [0.2, 0.25) is 0 Å². The molecule has 0 bridgehead atoms. The molecule has 28 heavy (non-hydrogen) atoms. The number of rotatable bonds is 5. The molecule has 3 rings (SSSR count). The predicted octanol–water partition coefficient (Wildman–Crippen LogP) is 4.34. The normalized spacial score (nSPS) is 34.9. The van der Waals surface area contributed by atoms with E-state index in [4.69, 9.17) is 34.2 Å². The lowest BCUT2D eigenvalue weighted by Gasteiger charge is -2.37. The first-order valence-corrected chi connectivity index (χ1v) is 10.2. The summed E-state index contributed by atoms with van der Waals surface area (Å²) in [6.07, 6.45) is 3.29. The molecule has 5 nitrogen and oxygen atoms in total. The quantitative estimate of drug-likeness (QED) is 0.748. The van der Waals surface area contributed by atoms with Gasteiger partial charge in [0, 0.05) is 51.6 Å². The molecule has 7 heteroatoms.